The summed E-state index contributed by atoms with van der Waals surface area (Å²) in [6.07, 6.45) is 15.5. The van der Waals surface area contributed by atoms with E-state index in [0.29, 0.717) is 5.92 Å². The Kier molecular flexibility index (Phi) is 12.6. The van der Waals surface area contributed by atoms with Gasteiger partial charge in [0.2, 0.25) is 0 Å². The van der Waals surface area contributed by atoms with E-state index in [2.05, 4.69) is 81.1 Å². The second kappa shape index (κ2) is 14.7. The number of benzene rings is 1. The van der Waals surface area contributed by atoms with Gasteiger partial charge in [0.1, 0.15) is 0 Å². The van der Waals surface area contributed by atoms with Crippen LogP contribution in [0, 0.1) is 5.92 Å². The molecule has 0 saturated heterocycles. The molecule has 0 saturated carbocycles. The lowest BCUT2D eigenvalue weighted by molar-refractivity contribution is 0.327. The minimum absolute atomic E-state index is 0.649. The molecule has 3 heteroatoms. The number of hydrogen-bond donors (Lipinski definition) is 2. The highest BCUT2D eigenvalue weighted by Gasteiger charge is 2.07. The molecule has 1 aromatic carbocycles. The Morgan fingerprint density at radius 2 is 2.00 bits per heavy atom. The summed E-state index contributed by atoms with van der Waals surface area (Å²) in [5.74, 6) is 0.649. The number of likely N-dealkylation sites (N-methyl/N-ethyl adjacent to an activating group) is 1. The molecule has 2 N–H and O–H groups in total. The molecule has 0 aromatic heterocycles. The smallest absolute Gasteiger partial charge is 0.0397 e. The molecule has 0 radical (unpaired) electrons. The van der Waals surface area contributed by atoms with E-state index in [1.807, 2.05) is 25.2 Å². The van der Waals surface area contributed by atoms with Gasteiger partial charge in [-0.2, -0.15) is 0 Å². The molecule has 0 aliphatic rings. The molecule has 0 aliphatic heterocycles. The van der Waals surface area contributed by atoms with Crippen LogP contribution in [-0.4, -0.2) is 19.1 Å². The van der Waals surface area contributed by atoms with Crippen LogP contribution in [0.3, 0.4) is 0 Å². The van der Waals surface area contributed by atoms with Crippen molar-refractivity contribution in [3.05, 3.63) is 77.7 Å². The van der Waals surface area contributed by atoms with Gasteiger partial charge in [0.15, 0.2) is 0 Å². The monoisotopic (exact) mass is 409 g/mol. The molecule has 1 rings (SSSR count). The maximum atomic E-state index is 4.16. The van der Waals surface area contributed by atoms with Crippen molar-refractivity contribution in [2.24, 2.45) is 5.92 Å². The Morgan fingerprint density at radius 1 is 1.23 bits per heavy atom. The molecule has 0 heterocycles. The van der Waals surface area contributed by atoms with Gasteiger partial charge in [-0.05, 0) is 60.8 Å². The summed E-state index contributed by atoms with van der Waals surface area (Å²) in [5.41, 5.74) is 9.20. The quantitative estimate of drug-likeness (QED) is 0.194. The van der Waals surface area contributed by atoms with Crippen LogP contribution >= 0.6 is 0 Å². The van der Waals surface area contributed by atoms with Gasteiger partial charge in [0, 0.05) is 38.5 Å². The van der Waals surface area contributed by atoms with Crippen LogP contribution < -0.4 is 10.7 Å². The molecule has 0 fully saturated rings. The molecule has 1 aromatic rings. The molecule has 0 atom stereocenters. The fourth-order valence-corrected chi connectivity index (χ4v) is 3.27. The Morgan fingerprint density at radius 3 is 2.63 bits per heavy atom. The average Bonchev–Trinajstić information content (AvgIpc) is 2.73. The third-order valence-electron chi connectivity index (χ3n) is 5.19. The molecule has 0 unspecified atom stereocenters. The number of rotatable bonds is 15. The summed E-state index contributed by atoms with van der Waals surface area (Å²) < 4.78 is 0. The van der Waals surface area contributed by atoms with Crippen molar-refractivity contribution in [1.82, 2.24) is 15.8 Å². The molecule has 0 amide bonds. The van der Waals surface area contributed by atoms with Crippen LogP contribution in [0.15, 0.2) is 61.0 Å². The van der Waals surface area contributed by atoms with Crippen molar-refractivity contribution in [3.8, 4) is 0 Å². The summed E-state index contributed by atoms with van der Waals surface area (Å²) in [7, 11) is 3.88. The molecule has 0 aliphatic carbocycles. The molecular formula is C27H43N3. The third-order valence-corrected chi connectivity index (χ3v) is 5.19. The number of nitrogens with zero attached hydrogens (tertiary/aromatic N) is 1. The normalized spacial score (nSPS) is 11.9. The topological polar surface area (TPSA) is 27.3 Å². The largest absolute Gasteiger partial charge is 0.385 e. The zero-order valence-electron chi connectivity index (χ0n) is 19.9. The first kappa shape index (κ1) is 25.8. The minimum atomic E-state index is 0.649. The molecule has 166 valence electrons. The summed E-state index contributed by atoms with van der Waals surface area (Å²) in [4.78, 5) is 0. The maximum absolute atomic E-state index is 4.16. The van der Waals surface area contributed by atoms with E-state index < -0.39 is 0 Å². The lowest BCUT2D eigenvalue weighted by Gasteiger charge is -2.21. The van der Waals surface area contributed by atoms with Crippen LogP contribution in [-0.2, 0) is 13.0 Å². The van der Waals surface area contributed by atoms with Gasteiger partial charge in [-0.3, -0.25) is 0 Å². The third kappa shape index (κ3) is 9.98. The van der Waals surface area contributed by atoms with E-state index >= 15 is 0 Å². The van der Waals surface area contributed by atoms with Gasteiger partial charge in [0.25, 0.3) is 0 Å². The fourth-order valence-electron chi connectivity index (χ4n) is 3.27. The van der Waals surface area contributed by atoms with Gasteiger partial charge in [-0.1, -0.05) is 70.4 Å². The summed E-state index contributed by atoms with van der Waals surface area (Å²) in [6, 6.07) is 6.65. The predicted octanol–water partition coefficient (Wildman–Crippen LogP) is 6.61. The molecular weight excluding hydrogens is 366 g/mol. The van der Waals surface area contributed by atoms with E-state index in [1.54, 1.807) is 0 Å². The van der Waals surface area contributed by atoms with Gasteiger partial charge < -0.3 is 10.3 Å². The van der Waals surface area contributed by atoms with Crippen molar-refractivity contribution in [2.75, 3.05) is 14.1 Å². The van der Waals surface area contributed by atoms with Crippen LogP contribution in [0.2, 0.25) is 0 Å². The van der Waals surface area contributed by atoms with E-state index in [4.69, 9.17) is 0 Å². The zero-order valence-corrected chi connectivity index (χ0v) is 19.9. The Labute approximate surface area is 185 Å². The first-order valence-corrected chi connectivity index (χ1v) is 11.3. The fraction of sp³-hybridized carbons (Fsp3) is 0.481. The molecule has 30 heavy (non-hydrogen) atoms. The molecule has 0 bridgehead atoms. The number of unbranched alkanes of at least 4 members (excludes halogenated alkanes) is 2. The van der Waals surface area contributed by atoms with E-state index in [9.17, 15) is 0 Å². The number of hydrogen-bond acceptors (Lipinski definition) is 3. The van der Waals surface area contributed by atoms with Crippen LogP contribution in [0.25, 0.3) is 6.08 Å². The highest BCUT2D eigenvalue weighted by atomic mass is 15.5. The van der Waals surface area contributed by atoms with Gasteiger partial charge in [0.05, 0.1) is 0 Å². The Balaban J connectivity index is 2.62. The van der Waals surface area contributed by atoms with Crippen LogP contribution in [0.1, 0.15) is 69.6 Å². The highest BCUT2D eigenvalue weighted by molar-refractivity contribution is 5.54. The lowest BCUT2D eigenvalue weighted by atomic mass is 10.00. The van der Waals surface area contributed by atoms with Crippen molar-refractivity contribution in [2.45, 2.75) is 65.8 Å². The Bertz CT molecular complexity index is 713. The summed E-state index contributed by atoms with van der Waals surface area (Å²) >= 11 is 0. The average molecular weight is 410 g/mol. The van der Waals surface area contributed by atoms with Crippen LogP contribution in [0.5, 0.6) is 0 Å². The SMILES string of the molecule is C=Cc1cc(CN/C(=C\CC)CCCC/C=C/C(C)C)ccc1CC(=C)N(C)NC. The maximum Gasteiger partial charge on any atom is 0.0397 e. The molecule has 0 spiro atoms. The number of hydrazine groups is 1. The summed E-state index contributed by atoms with van der Waals surface area (Å²) in [6.45, 7) is 15.7. The molecule has 3 nitrogen and oxygen atoms in total. The standard InChI is InChI=1S/C27H43N3/c1-8-14-27(16-13-11-10-12-15-22(3)4)29-21-24-17-18-26(25(9-2)20-24)19-23(5)30(7)28-6/h9,12,14-15,17-18,20,22,28-29H,2,5,8,10-11,13,16,19,21H2,1,3-4,6-7H3/b15-12+,27-14-. The van der Waals surface area contributed by atoms with Crippen molar-refractivity contribution < 1.29 is 0 Å². The van der Waals surface area contributed by atoms with E-state index in [-0.39, 0.29) is 0 Å². The van der Waals surface area contributed by atoms with Crippen molar-refractivity contribution >= 4 is 6.08 Å². The van der Waals surface area contributed by atoms with Crippen molar-refractivity contribution in [1.29, 1.82) is 0 Å². The highest BCUT2D eigenvalue weighted by Crippen LogP contribution is 2.18. The first-order chi connectivity index (χ1) is 14.4. The van der Waals surface area contributed by atoms with Gasteiger partial charge >= 0.3 is 0 Å². The predicted molar refractivity (Wildman–Crippen MR) is 134 cm³/mol. The number of allylic oxidation sites excluding steroid dienone is 5. The zero-order chi connectivity index (χ0) is 22.4. The van der Waals surface area contributed by atoms with Gasteiger partial charge in [-0.25, -0.2) is 5.43 Å². The second-order valence-electron chi connectivity index (χ2n) is 8.17. The second-order valence-corrected chi connectivity index (χ2v) is 8.17. The van der Waals surface area contributed by atoms with E-state index in [1.165, 1.54) is 41.6 Å². The number of nitrogens with one attached hydrogen (secondary N) is 2. The lowest BCUT2D eigenvalue weighted by Crippen LogP contribution is -2.30. The minimum Gasteiger partial charge on any atom is -0.385 e. The van der Waals surface area contributed by atoms with E-state index in [0.717, 1.165) is 31.5 Å². The Hall–Kier alpha value is -2.26. The first-order valence-electron chi connectivity index (χ1n) is 11.3. The van der Waals surface area contributed by atoms with Crippen LogP contribution in [0.4, 0.5) is 0 Å². The van der Waals surface area contributed by atoms with Crippen molar-refractivity contribution in [3.63, 3.8) is 0 Å². The summed E-state index contributed by atoms with van der Waals surface area (Å²) in [5, 5.41) is 5.61. The van der Waals surface area contributed by atoms with Gasteiger partial charge in [-0.15, -0.1) is 0 Å².